The monoisotopic (exact) mass is 401 g/mol. The molecule has 30 heavy (non-hydrogen) atoms. The Kier molecular flexibility index (Phi) is 4.46. The standard InChI is InChI=1S/C25H23NO4/c1-28-20-12-15(13-21(29-2)25(20)30-3)22-17-9-8-14-6-4-5-7-16(14)24(17)26-18-10-11-19(27)23(18)22/h4-9,12-13,22-23H,10-11H2,1-3H3. The number of Topliss-reactive ketones (excluding diaryl/α,β-unsaturated/α-hetero) is 1. The predicted molar refractivity (Wildman–Crippen MR) is 117 cm³/mol. The Hall–Kier alpha value is -3.34. The molecule has 0 bridgehead atoms. The highest BCUT2D eigenvalue weighted by Gasteiger charge is 2.43. The molecule has 0 amide bonds. The minimum Gasteiger partial charge on any atom is -0.493 e. The van der Waals surface area contributed by atoms with Crippen LogP contribution in [0.1, 0.15) is 29.9 Å². The summed E-state index contributed by atoms with van der Waals surface area (Å²) in [5.74, 6) is 1.57. The number of ether oxygens (including phenoxy) is 3. The van der Waals surface area contributed by atoms with Gasteiger partial charge in [0.25, 0.3) is 0 Å². The first kappa shape index (κ1) is 18.7. The Morgan fingerprint density at radius 3 is 2.30 bits per heavy atom. The smallest absolute Gasteiger partial charge is 0.203 e. The van der Waals surface area contributed by atoms with Crippen molar-refractivity contribution >= 4 is 28.0 Å². The second-order valence-corrected chi connectivity index (χ2v) is 7.71. The first-order chi connectivity index (χ1) is 14.7. The van der Waals surface area contributed by atoms with Crippen LogP contribution in [0.5, 0.6) is 17.2 Å². The van der Waals surface area contributed by atoms with Crippen molar-refractivity contribution in [1.29, 1.82) is 0 Å². The highest BCUT2D eigenvalue weighted by molar-refractivity contribution is 6.15. The fourth-order valence-corrected chi connectivity index (χ4v) is 4.88. The lowest BCUT2D eigenvalue weighted by molar-refractivity contribution is -0.120. The number of fused-ring (bicyclic) bond motifs is 4. The number of hydrogen-bond donors (Lipinski definition) is 0. The van der Waals surface area contributed by atoms with E-state index in [1.807, 2.05) is 24.3 Å². The van der Waals surface area contributed by atoms with Crippen LogP contribution in [0, 0.1) is 5.92 Å². The van der Waals surface area contributed by atoms with Crippen molar-refractivity contribution in [3.05, 3.63) is 59.7 Å². The molecule has 0 saturated heterocycles. The molecule has 0 spiro atoms. The molecular weight excluding hydrogens is 378 g/mol. The van der Waals surface area contributed by atoms with Gasteiger partial charge in [-0.3, -0.25) is 9.79 Å². The van der Waals surface area contributed by atoms with Gasteiger partial charge in [0.1, 0.15) is 5.78 Å². The van der Waals surface area contributed by atoms with Crippen LogP contribution >= 0.6 is 0 Å². The third kappa shape index (κ3) is 2.69. The highest BCUT2D eigenvalue weighted by atomic mass is 16.5. The van der Waals surface area contributed by atoms with Crippen LogP contribution in [0.15, 0.2) is 53.5 Å². The first-order valence-corrected chi connectivity index (χ1v) is 10.1. The molecule has 1 fully saturated rings. The van der Waals surface area contributed by atoms with Crippen LogP contribution in [0.3, 0.4) is 0 Å². The number of benzene rings is 3. The summed E-state index contributed by atoms with van der Waals surface area (Å²) in [6.45, 7) is 0. The number of rotatable bonds is 4. The molecular formula is C25H23NO4. The first-order valence-electron chi connectivity index (χ1n) is 10.1. The van der Waals surface area contributed by atoms with E-state index >= 15 is 0 Å². The number of aliphatic imine (C=N–C) groups is 1. The molecule has 2 unspecified atom stereocenters. The van der Waals surface area contributed by atoms with Gasteiger partial charge in [-0.2, -0.15) is 0 Å². The normalized spacial score (nSPS) is 19.8. The Morgan fingerprint density at radius 1 is 0.867 bits per heavy atom. The second-order valence-electron chi connectivity index (χ2n) is 7.71. The zero-order valence-electron chi connectivity index (χ0n) is 17.3. The molecule has 1 heterocycles. The summed E-state index contributed by atoms with van der Waals surface area (Å²) in [5.41, 5.74) is 3.97. The number of hydrogen-bond acceptors (Lipinski definition) is 5. The summed E-state index contributed by atoms with van der Waals surface area (Å²) in [6, 6.07) is 16.4. The van der Waals surface area contributed by atoms with Crippen LogP contribution in [-0.4, -0.2) is 32.8 Å². The summed E-state index contributed by atoms with van der Waals surface area (Å²) >= 11 is 0. The van der Waals surface area contributed by atoms with Crippen molar-refractivity contribution < 1.29 is 19.0 Å². The molecule has 1 aliphatic carbocycles. The molecule has 0 radical (unpaired) electrons. The Morgan fingerprint density at radius 2 is 1.60 bits per heavy atom. The van der Waals surface area contributed by atoms with Crippen molar-refractivity contribution in [1.82, 2.24) is 0 Å². The van der Waals surface area contributed by atoms with E-state index in [4.69, 9.17) is 19.2 Å². The number of carbonyl (C=O) groups excluding carboxylic acids is 1. The van der Waals surface area contributed by atoms with Gasteiger partial charge in [-0.15, -0.1) is 0 Å². The lowest BCUT2D eigenvalue weighted by atomic mass is 9.75. The zero-order valence-corrected chi connectivity index (χ0v) is 17.3. The van der Waals surface area contributed by atoms with Gasteiger partial charge in [0.05, 0.1) is 32.9 Å². The largest absolute Gasteiger partial charge is 0.493 e. The number of nitrogens with zero attached hydrogens (tertiary/aromatic N) is 1. The van der Waals surface area contributed by atoms with E-state index in [2.05, 4.69) is 24.3 Å². The lowest BCUT2D eigenvalue weighted by Crippen LogP contribution is -2.27. The average molecular weight is 401 g/mol. The highest BCUT2D eigenvalue weighted by Crippen LogP contribution is 2.51. The van der Waals surface area contributed by atoms with Gasteiger partial charge < -0.3 is 14.2 Å². The molecule has 5 nitrogen and oxygen atoms in total. The Bertz CT molecular complexity index is 1170. The summed E-state index contributed by atoms with van der Waals surface area (Å²) in [4.78, 5) is 17.9. The molecule has 0 N–H and O–H groups in total. The van der Waals surface area contributed by atoms with Gasteiger partial charge in [0, 0.05) is 23.4 Å². The van der Waals surface area contributed by atoms with E-state index in [0.717, 1.165) is 33.3 Å². The SMILES string of the molecule is COc1cc(C2c3ccc4ccccc4c3N=C3CCC(=O)C32)cc(OC)c1OC. The van der Waals surface area contributed by atoms with Crippen molar-refractivity contribution in [3.8, 4) is 17.2 Å². The van der Waals surface area contributed by atoms with E-state index in [9.17, 15) is 4.79 Å². The van der Waals surface area contributed by atoms with E-state index in [0.29, 0.717) is 30.1 Å². The summed E-state index contributed by atoms with van der Waals surface area (Å²) < 4.78 is 16.7. The Balaban J connectivity index is 1.79. The molecule has 1 aliphatic heterocycles. The van der Waals surface area contributed by atoms with Crippen LogP contribution in [0.25, 0.3) is 10.8 Å². The van der Waals surface area contributed by atoms with Crippen LogP contribution in [0.2, 0.25) is 0 Å². The Labute approximate surface area is 175 Å². The number of carbonyl (C=O) groups is 1. The fraction of sp³-hybridized carbons (Fsp3) is 0.280. The van der Waals surface area contributed by atoms with Crippen LogP contribution in [-0.2, 0) is 4.79 Å². The zero-order chi connectivity index (χ0) is 20.8. The quantitative estimate of drug-likeness (QED) is 0.613. The molecule has 3 aromatic carbocycles. The molecule has 2 atom stereocenters. The van der Waals surface area contributed by atoms with E-state index in [1.54, 1.807) is 21.3 Å². The molecule has 5 rings (SSSR count). The number of ketones is 1. The molecule has 2 aliphatic rings. The van der Waals surface area contributed by atoms with Gasteiger partial charge in [0.15, 0.2) is 11.5 Å². The molecule has 5 heteroatoms. The minimum atomic E-state index is -0.249. The second kappa shape index (κ2) is 7.17. The van der Waals surface area contributed by atoms with Crippen molar-refractivity contribution in [2.75, 3.05) is 21.3 Å². The van der Waals surface area contributed by atoms with E-state index in [-0.39, 0.29) is 17.6 Å². The summed E-state index contributed by atoms with van der Waals surface area (Å²) in [7, 11) is 4.81. The van der Waals surface area contributed by atoms with Gasteiger partial charge in [-0.1, -0.05) is 36.4 Å². The van der Waals surface area contributed by atoms with Crippen molar-refractivity contribution in [2.45, 2.75) is 18.8 Å². The molecule has 3 aromatic rings. The fourth-order valence-electron chi connectivity index (χ4n) is 4.88. The van der Waals surface area contributed by atoms with E-state index < -0.39 is 0 Å². The molecule has 1 saturated carbocycles. The lowest BCUT2D eigenvalue weighted by Gasteiger charge is -2.31. The van der Waals surface area contributed by atoms with Crippen LogP contribution in [0.4, 0.5) is 5.69 Å². The molecule has 152 valence electrons. The predicted octanol–water partition coefficient (Wildman–Crippen LogP) is 5.06. The summed E-state index contributed by atoms with van der Waals surface area (Å²) in [6.07, 6.45) is 1.25. The van der Waals surface area contributed by atoms with E-state index in [1.165, 1.54) is 0 Å². The van der Waals surface area contributed by atoms with Gasteiger partial charge in [-0.25, -0.2) is 0 Å². The number of methoxy groups -OCH3 is 3. The maximum Gasteiger partial charge on any atom is 0.203 e. The summed E-state index contributed by atoms with van der Waals surface area (Å²) in [5, 5.41) is 2.25. The third-order valence-electron chi connectivity index (χ3n) is 6.24. The maximum absolute atomic E-state index is 12.9. The van der Waals surface area contributed by atoms with Crippen molar-refractivity contribution in [2.24, 2.45) is 10.9 Å². The third-order valence-corrected chi connectivity index (χ3v) is 6.24. The maximum atomic E-state index is 12.9. The van der Waals surface area contributed by atoms with Gasteiger partial charge >= 0.3 is 0 Å². The topological polar surface area (TPSA) is 57.1 Å². The van der Waals surface area contributed by atoms with Gasteiger partial charge in [0.2, 0.25) is 5.75 Å². The van der Waals surface area contributed by atoms with Crippen LogP contribution < -0.4 is 14.2 Å². The minimum absolute atomic E-state index is 0.138. The molecule has 0 aromatic heterocycles. The average Bonchev–Trinajstić information content (AvgIpc) is 3.16. The van der Waals surface area contributed by atoms with Gasteiger partial charge in [-0.05, 0) is 35.1 Å². The van der Waals surface area contributed by atoms with Crippen molar-refractivity contribution in [3.63, 3.8) is 0 Å².